The van der Waals surface area contributed by atoms with Crippen LogP contribution in [0.5, 0.6) is 0 Å². The van der Waals surface area contributed by atoms with Crippen molar-refractivity contribution in [3.05, 3.63) is 23.0 Å². The van der Waals surface area contributed by atoms with Gasteiger partial charge in [-0.25, -0.2) is 0 Å². The van der Waals surface area contributed by atoms with E-state index in [4.69, 9.17) is 11.6 Å². The van der Waals surface area contributed by atoms with Crippen LogP contribution in [0, 0.1) is 0 Å². The molecule has 0 atom stereocenters. The molecule has 1 aliphatic rings. The highest BCUT2D eigenvalue weighted by Gasteiger charge is 2.12. The van der Waals surface area contributed by atoms with E-state index in [0.29, 0.717) is 17.3 Å². The Labute approximate surface area is 125 Å². The Morgan fingerprint density at radius 3 is 2.90 bits per heavy atom. The Hall–Kier alpha value is -1.04. The molecule has 0 aromatic carbocycles. The normalized spacial score (nSPS) is 16.3. The average molecular weight is 299 g/mol. The minimum absolute atomic E-state index is 0.0425. The van der Waals surface area contributed by atoms with Gasteiger partial charge < -0.3 is 20.1 Å². The van der Waals surface area contributed by atoms with E-state index in [2.05, 4.69) is 15.5 Å². The number of amides is 1. The van der Waals surface area contributed by atoms with Gasteiger partial charge in [-0.2, -0.15) is 0 Å². The number of carbonyl (C=O) groups excluding carboxylic acids is 1. The molecule has 1 amide bonds. The van der Waals surface area contributed by atoms with Crippen LogP contribution < -0.4 is 10.6 Å². The van der Waals surface area contributed by atoms with E-state index in [9.17, 15) is 4.79 Å². The Bertz CT molecular complexity index is 440. The lowest BCUT2D eigenvalue weighted by atomic mass is 10.3. The lowest BCUT2D eigenvalue weighted by molar-refractivity contribution is 0.0942. The van der Waals surface area contributed by atoms with Crippen molar-refractivity contribution in [2.75, 3.05) is 39.3 Å². The second-order valence-corrected chi connectivity index (χ2v) is 5.47. The molecule has 2 N–H and O–H groups in total. The summed E-state index contributed by atoms with van der Waals surface area (Å²) in [5.41, 5.74) is 0.639. The summed E-state index contributed by atoms with van der Waals surface area (Å²) in [6.07, 6.45) is 2.77. The van der Waals surface area contributed by atoms with Gasteiger partial charge in [-0.1, -0.05) is 11.6 Å². The van der Waals surface area contributed by atoms with Crippen LogP contribution in [0.25, 0.3) is 0 Å². The molecule has 2 rings (SSSR count). The summed E-state index contributed by atoms with van der Waals surface area (Å²) in [5, 5.41) is 6.91. The van der Waals surface area contributed by atoms with E-state index in [1.807, 2.05) is 11.5 Å². The number of hydrogen-bond acceptors (Lipinski definition) is 3. The number of hydrogen-bond donors (Lipinski definition) is 2. The van der Waals surface area contributed by atoms with Crippen LogP contribution in [-0.4, -0.2) is 54.6 Å². The second kappa shape index (κ2) is 7.67. The SMILES string of the molecule is CCn1cc(Cl)cc1C(=O)NCCCN1CCNCC1. The van der Waals surface area contributed by atoms with E-state index < -0.39 is 0 Å². The third-order valence-corrected chi connectivity index (χ3v) is 3.79. The van der Waals surface area contributed by atoms with Crippen LogP contribution in [0.2, 0.25) is 5.02 Å². The van der Waals surface area contributed by atoms with Crippen molar-refractivity contribution < 1.29 is 4.79 Å². The summed E-state index contributed by atoms with van der Waals surface area (Å²) in [5.74, 6) is -0.0425. The Morgan fingerprint density at radius 2 is 2.20 bits per heavy atom. The third-order valence-electron chi connectivity index (χ3n) is 3.58. The molecule has 2 heterocycles. The second-order valence-electron chi connectivity index (χ2n) is 5.03. The first-order valence-electron chi connectivity index (χ1n) is 7.27. The maximum Gasteiger partial charge on any atom is 0.267 e. The number of aryl methyl sites for hydroxylation is 1. The molecular weight excluding hydrogens is 276 g/mol. The maximum atomic E-state index is 12.1. The predicted octanol–water partition coefficient (Wildman–Crippen LogP) is 1.19. The monoisotopic (exact) mass is 298 g/mol. The van der Waals surface area contributed by atoms with Gasteiger partial charge in [-0.05, 0) is 26.0 Å². The minimum atomic E-state index is -0.0425. The van der Waals surface area contributed by atoms with E-state index in [1.165, 1.54) is 0 Å². The summed E-state index contributed by atoms with van der Waals surface area (Å²) < 4.78 is 1.87. The molecule has 0 saturated carbocycles. The molecule has 6 heteroatoms. The zero-order valence-corrected chi connectivity index (χ0v) is 12.7. The van der Waals surface area contributed by atoms with Gasteiger partial charge in [0.2, 0.25) is 0 Å². The van der Waals surface area contributed by atoms with E-state index in [-0.39, 0.29) is 5.91 Å². The van der Waals surface area contributed by atoms with Gasteiger partial charge in [0.05, 0.1) is 5.02 Å². The first-order valence-corrected chi connectivity index (χ1v) is 7.65. The third kappa shape index (κ3) is 4.23. The fourth-order valence-electron chi connectivity index (χ4n) is 2.46. The quantitative estimate of drug-likeness (QED) is 0.776. The molecule has 20 heavy (non-hydrogen) atoms. The minimum Gasteiger partial charge on any atom is -0.351 e. The number of carbonyl (C=O) groups is 1. The summed E-state index contributed by atoms with van der Waals surface area (Å²) in [6, 6.07) is 1.72. The summed E-state index contributed by atoms with van der Waals surface area (Å²) in [4.78, 5) is 14.5. The highest BCUT2D eigenvalue weighted by Crippen LogP contribution is 2.13. The van der Waals surface area contributed by atoms with Gasteiger partial charge >= 0.3 is 0 Å². The van der Waals surface area contributed by atoms with E-state index in [0.717, 1.165) is 45.7 Å². The topological polar surface area (TPSA) is 49.3 Å². The summed E-state index contributed by atoms with van der Waals surface area (Å²) >= 11 is 5.94. The van der Waals surface area contributed by atoms with Crippen molar-refractivity contribution in [1.82, 2.24) is 20.1 Å². The lowest BCUT2D eigenvalue weighted by Crippen LogP contribution is -2.44. The molecule has 0 radical (unpaired) electrons. The molecule has 1 aliphatic heterocycles. The first kappa shape index (κ1) is 15.4. The van der Waals surface area contributed by atoms with Crippen molar-refractivity contribution in [1.29, 1.82) is 0 Å². The number of nitrogens with one attached hydrogen (secondary N) is 2. The molecule has 0 bridgehead atoms. The zero-order valence-electron chi connectivity index (χ0n) is 12.0. The van der Waals surface area contributed by atoms with Crippen LogP contribution in [0.15, 0.2) is 12.3 Å². The van der Waals surface area contributed by atoms with Gasteiger partial charge in [0, 0.05) is 45.5 Å². The lowest BCUT2D eigenvalue weighted by Gasteiger charge is -2.27. The van der Waals surface area contributed by atoms with E-state index >= 15 is 0 Å². The maximum absolute atomic E-state index is 12.1. The van der Waals surface area contributed by atoms with Gasteiger partial charge in [0.1, 0.15) is 5.69 Å². The summed E-state index contributed by atoms with van der Waals surface area (Å²) in [7, 11) is 0. The molecule has 1 aromatic rings. The Balaban J connectivity index is 1.71. The fraction of sp³-hybridized carbons (Fsp3) is 0.643. The predicted molar refractivity (Wildman–Crippen MR) is 81.4 cm³/mol. The molecule has 1 fully saturated rings. The van der Waals surface area contributed by atoms with Crippen LogP contribution in [0.3, 0.4) is 0 Å². The highest BCUT2D eigenvalue weighted by atomic mass is 35.5. The highest BCUT2D eigenvalue weighted by molar-refractivity contribution is 6.31. The van der Waals surface area contributed by atoms with Crippen molar-refractivity contribution in [2.24, 2.45) is 0 Å². The molecule has 0 aliphatic carbocycles. The first-order chi connectivity index (χ1) is 9.70. The zero-order chi connectivity index (χ0) is 14.4. The molecule has 5 nitrogen and oxygen atoms in total. The summed E-state index contributed by atoms with van der Waals surface area (Å²) in [6.45, 7) is 8.81. The van der Waals surface area contributed by atoms with Gasteiger partial charge in [0.25, 0.3) is 5.91 Å². The molecule has 0 spiro atoms. The standard InChI is InChI=1S/C14H23ClN4O/c1-2-19-11-12(15)10-13(19)14(20)17-4-3-7-18-8-5-16-6-9-18/h10-11,16H,2-9H2,1H3,(H,17,20). The Morgan fingerprint density at radius 1 is 1.45 bits per heavy atom. The number of aromatic nitrogens is 1. The van der Waals surface area contributed by atoms with Crippen molar-refractivity contribution in [3.63, 3.8) is 0 Å². The van der Waals surface area contributed by atoms with Crippen molar-refractivity contribution in [2.45, 2.75) is 19.9 Å². The van der Waals surface area contributed by atoms with Gasteiger partial charge in [0.15, 0.2) is 0 Å². The average Bonchev–Trinajstić information content (AvgIpc) is 2.86. The van der Waals surface area contributed by atoms with Crippen LogP contribution in [-0.2, 0) is 6.54 Å². The molecule has 1 saturated heterocycles. The van der Waals surface area contributed by atoms with Crippen LogP contribution >= 0.6 is 11.6 Å². The molecule has 0 unspecified atom stereocenters. The van der Waals surface area contributed by atoms with Gasteiger partial charge in [-0.3, -0.25) is 4.79 Å². The number of rotatable bonds is 6. The van der Waals surface area contributed by atoms with E-state index in [1.54, 1.807) is 12.3 Å². The van der Waals surface area contributed by atoms with Gasteiger partial charge in [-0.15, -0.1) is 0 Å². The Kier molecular flexibility index (Phi) is 5.88. The number of piperazine rings is 1. The number of halogens is 1. The molecule has 1 aromatic heterocycles. The molecular formula is C14H23ClN4O. The largest absolute Gasteiger partial charge is 0.351 e. The number of nitrogens with zero attached hydrogens (tertiary/aromatic N) is 2. The van der Waals surface area contributed by atoms with Crippen LogP contribution in [0.1, 0.15) is 23.8 Å². The fourth-order valence-corrected chi connectivity index (χ4v) is 2.68. The smallest absolute Gasteiger partial charge is 0.267 e. The van der Waals surface area contributed by atoms with Crippen LogP contribution in [0.4, 0.5) is 0 Å². The van der Waals surface area contributed by atoms with Crippen molar-refractivity contribution >= 4 is 17.5 Å². The van der Waals surface area contributed by atoms with Crippen molar-refractivity contribution in [3.8, 4) is 0 Å². The molecule has 112 valence electrons.